The molecule has 1 N–H and O–H groups in total. The molecule has 2 aliphatic rings. The molecule has 2 heterocycles. The number of anilines is 1. The van der Waals surface area contributed by atoms with Crippen LogP contribution < -0.4 is 20.0 Å². The number of hydrogen-bond acceptors (Lipinski definition) is 6. The third-order valence-corrected chi connectivity index (χ3v) is 6.84. The first-order valence-corrected chi connectivity index (χ1v) is 11.8. The van der Waals surface area contributed by atoms with E-state index in [-0.39, 0.29) is 12.6 Å². The molecule has 0 unspecified atom stereocenters. The molecule has 1 saturated heterocycles. The minimum absolute atomic E-state index is 0.196. The zero-order valence-electron chi connectivity index (χ0n) is 21.1. The van der Waals surface area contributed by atoms with E-state index in [0.29, 0.717) is 17.4 Å². The smallest absolute Gasteiger partial charge is 0.355 e. The van der Waals surface area contributed by atoms with Gasteiger partial charge in [-0.15, -0.1) is 10.7 Å². The van der Waals surface area contributed by atoms with Crippen LogP contribution in [0.15, 0.2) is 36.4 Å². The van der Waals surface area contributed by atoms with Gasteiger partial charge in [-0.25, -0.2) is 19.5 Å². The minimum Gasteiger partial charge on any atom is -0.496 e. The van der Waals surface area contributed by atoms with Gasteiger partial charge in [0.05, 0.1) is 29.7 Å². The number of rotatable bonds is 7. The van der Waals surface area contributed by atoms with Crippen LogP contribution in [0.4, 0.5) is 10.5 Å². The summed E-state index contributed by atoms with van der Waals surface area (Å²) >= 11 is 0. The Labute approximate surface area is 205 Å². The molecule has 0 atom stereocenters. The van der Waals surface area contributed by atoms with E-state index >= 15 is 0 Å². The van der Waals surface area contributed by atoms with E-state index in [2.05, 4.69) is 25.4 Å². The number of ether oxygens (including phenoxy) is 2. The lowest BCUT2D eigenvalue weighted by Crippen LogP contribution is -2.39. The molecular weight excluding hydrogens is 444 g/mol. The van der Waals surface area contributed by atoms with Crippen molar-refractivity contribution in [2.24, 2.45) is 0 Å². The summed E-state index contributed by atoms with van der Waals surface area (Å²) < 4.78 is 13.9. The highest BCUT2D eigenvalue weighted by Crippen LogP contribution is 2.43. The van der Waals surface area contributed by atoms with Crippen molar-refractivity contribution in [2.45, 2.75) is 46.1 Å². The summed E-state index contributed by atoms with van der Waals surface area (Å²) in [6.07, 6.45) is 2.52. The average molecular weight is 477 g/mol. The fraction of sp³-hybridized carbons (Fsp3) is 0.385. The lowest BCUT2D eigenvalue weighted by atomic mass is 10.1. The number of nitrogens with one attached hydrogen (secondary N) is 1. The van der Waals surface area contributed by atoms with Crippen LogP contribution in [0.25, 0.3) is 5.69 Å². The molecule has 1 aliphatic carbocycles. The number of methoxy groups -OCH3 is 1. The number of nitrogens with zero attached hydrogens (tertiary/aromatic N) is 5. The number of amides is 2. The Kier molecular flexibility index (Phi) is 5.90. The molecule has 35 heavy (non-hydrogen) atoms. The lowest BCUT2D eigenvalue weighted by molar-refractivity contribution is 0.0652. The van der Waals surface area contributed by atoms with Gasteiger partial charge in [0.15, 0.2) is 0 Å². The van der Waals surface area contributed by atoms with Crippen LogP contribution in [-0.2, 0) is 6.61 Å². The van der Waals surface area contributed by atoms with E-state index in [0.717, 1.165) is 28.3 Å². The van der Waals surface area contributed by atoms with E-state index in [9.17, 15) is 4.79 Å². The molecule has 1 aromatic heterocycles. The van der Waals surface area contributed by atoms with Crippen molar-refractivity contribution >= 4 is 11.7 Å². The predicted molar refractivity (Wildman–Crippen MR) is 134 cm³/mol. The number of benzene rings is 2. The van der Waals surface area contributed by atoms with E-state index in [4.69, 9.17) is 14.6 Å². The Morgan fingerprint density at radius 1 is 1.09 bits per heavy atom. The molecule has 9 nitrogen and oxygen atoms in total. The molecule has 0 spiro atoms. The summed E-state index contributed by atoms with van der Waals surface area (Å²) in [5.74, 6) is 2.09. The third kappa shape index (κ3) is 4.11. The van der Waals surface area contributed by atoms with Gasteiger partial charge in [0.25, 0.3) is 0 Å². The van der Waals surface area contributed by atoms with Gasteiger partial charge < -0.3 is 9.47 Å². The highest BCUT2D eigenvalue weighted by molar-refractivity contribution is 5.93. The van der Waals surface area contributed by atoms with Crippen LogP contribution in [-0.4, -0.2) is 47.1 Å². The molecule has 1 saturated carbocycles. The van der Waals surface area contributed by atoms with E-state index in [1.54, 1.807) is 26.3 Å². The molecule has 5 rings (SSSR count). The largest absolute Gasteiger partial charge is 0.496 e. The maximum absolute atomic E-state index is 12.7. The number of aryl methyl sites for hydroxylation is 2. The topological polar surface area (TPSA) is 75.1 Å². The van der Waals surface area contributed by atoms with Crippen molar-refractivity contribution in [3.63, 3.8) is 0 Å². The first-order valence-electron chi connectivity index (χ1n) is 11.8. The van der Waals surface area contributed by atoms with Crippen LogP contribution in [0.1, 0.15) is 46.8 Å². The second kappa shape index (κ2) is 8.90. The van der Waals surface area contributed by atoms with Crippen LogP contribution >= 0.6 is 0 Å². The Bertz CT molecular complexity index is 1280. The number of hydrazine groups is 3. The van der Waals surface area contributed by atoms with Gasteiger partial charge in [-0.05, 0) is 81.0 Å². The predicted octanol–water partition coefficient (Wildman–Crippen LogP) is 4.40. The fourth-order valence-corrected chi connectivity index (χ4v) is 4.73. The van der Waals surface area contributed by atoms with Gasteiger partial charge in [-0.2, -0.15) is 5.10 Å². The van der Waals surface area contributed by atoms with Crippen molar-refractivity contribution < 1.29 is 14.3 Å². The Balaban J connectivity index is 1.40. The Hall–Kier alpha value is -3.56. The summed E-state index contributed by atoms with van der Waals surface area (Å²) in [6.45, 7) is 6.52. The second-order valence-electron chi connectivity index (χ2n) is 9.23. The number of carbonyl (C=O) groups excluding carboxylic acids is 1. The normalized spacial score (nSPS) is 16.3. The van der Waals surface area contributed by atoms with Crippen molar-refractivity contribution in [2.75, 3.05) is 26.2 Å². The van der Waals surface area contributed by atoms with E-state index in [1.165, 1.54) is 34.1 Å². The molecule has 2 fully saturated rings. The number of aromatic nitrogens is 2. The molecule has 0 bridgehead atoms. The first-order chi connectivity index (χ1) is 16.8. The summed E-state index contributed by atoms with van der Waals surface area (Å²) in [4.78, 5) is 12.7. The highest BCUT2D eigenvalue weighted by Gasteiger charge is 2.33. The lowest BCUT2D eigenvalue weighted by Gasteiger charge is -2.21. The Morgan fingerprint density at radius 2 is 1.86 bits per heavy atom. The van der Waals surface area contributed by atoms with E-state index in [1.807, 2.05) is 41.9 Å². The van der Waals surface area contributed by atoms with Gasteiger partial charge in [0, 0.05) is 19.8 Å². The standard InChI is InChI=1S/C26H32N6O3/c1-16-14-20(31-18(3)25(17(2)27-31)19-10-11-19)12-13-23(16)35-15-21-22(8-7-9-24(21)34-6)32-26(33)29(4)30(5)28-32/h7-9,12-14,19,28H,10-11,15H2,1-6H3. The molecule has 2 aromatic carbocycles. The maximum atomic E-state index is 12.7. The van der Waals surface area contributed by atoms with Crippen molar-refractivity contribution in [1.29, 1.82) is 0 Å². The summed E-state index contributed by atoms with van der Waals surface area (Å²) in [5.41, 5.74) is 10.3. The molecule has 9 heteroatoms. The maximum Gasteiger partial charge on any atom is 0.355 e. The summed E-state index contributed by atoms with van der Waals surface area (Å²) in [7, 11) is 5.09. The molecular formula is C26H32N6O3. The van der Waals surface area contributed by atoms with Crippen LogP contribution in [0.5, 0.6) is 11.5 Å². The second-order valence-corrected chi connectivity index (χ2v) is 9.23. The number of carbonyl (C=O) groups is 1. The third-order valence-electron chi connectivity index (χ3n) is 6.84. The van der Waals surface area contributed by atoms with Gasteiger partial charge in [0.2, 0.25) is 0 Å². The highest BCUT2D eigenvalue weighted by atomic mass is 16.5. The minimum atomic E-state index is -0.196. The van der Waals surface area contributed by atoms with Crippen molar-refractivity contribution in [1.82, 2.24) is 25.4 Å². The van der Waals surface area contributed by atoms with Gasteiger partial charge in [-0.1, -0.05) is 6.07 Å². The zero-order valence-corrected chi connectivity index (χ0v) is 21.1. The van der Waals surface area contributed by atoms with Crippen LogP contribution in [0, 0.1) is 20.8 Å². The van der Waals surface area contributed by atoms with Crippen molar-refractivity contribution in [3.05, 3.63) is 64.5 Å². The Morgan fingerprint density at radius 3 is 2.49 bits per heavy atom. The van der Waals surface area contributed by atoms with Crippen LogP contribution in [0.2, 0.25) is 0 Å². The van der Waals surface area contributed by atoms with Crippen molar-refractivity contribution in [3.8, 4) is 17.2 Å². The quantitative estimate of drug-likeness (QED) is 0.545. The first kappa shape index (κ1) is 23.2. The van der Waals surface area contributed by atoms with Gasteiger partial charge >= 0.3 is 6.03 Å². The summed E-state index contributed by atoms with van der Waals surface area (Å²) in [6, 6.07) is 11.5. The van der Waals surface area contributed by atoms with Gasteiger partial charge in [0.1, 0.15) is 18.1 Å². The summed E-state index contributed by atoms with van der Waals surface area (Å²) in [5, 5.41) is 9.40. The molecule has 3 aromatic rings. The van der Waals surface area contributed by atoms with E-state index < -0.39 is 0 Å². The fourth-order valence-electron chi connectivity index (χ4n) is 4.73. The SMILES string of the molecule is COc1cccc(N2NN(C)N(C)C2=O)c1COc1ccc(-n2nc(C)c(C3CC3)c2C)cc1C. The average Bonchev–Trinajstić information content (AvgIpc) is 3.59. The molecule has 2 amide bonds. The molecule has 184 valence electrons. The zero-order chi connectivity index (χ0) is 24.9. The monoisotopic (exact) mass is 476 g/mol. The number of hydrogen-bond donors (Lipinski definition) is 1. The molecule has 0 radical (unpaired) electrons. The number of urea groups is 1. The van der Waals surface area contributed by atoms with Gasteiger partial charge in [-0.3, -0.25) is 0 Å². The van der Waals surface area contributed by atoms with Crippen LogP contribution in [0.3, 0.4) is 0 Å². The molecule has 1 aliphatic heterocycles.